The maximum atomic E-state index is 15.2. The van der Waals surface area contributed by atoms with E-state index in [-0.39, 0.29) is 22.6 Å². The molecule has 1 aliphatic rings. The number of rotatable bonds is 7. The fourth-order valence-electron chi connectivity index (χ4n) is 4.63. The van der Waals surface area contributed by atoms with Crippen LogP contribution in [0.3, 0.4) is 0 Å². The van der Waals surface area contributed by atoms with Gasteiger partial charge in [-0.1, -0.05) is 11.6 Å². The highest BCUT2D eigenvalue weighted by atomic mass is 35.5. The highest BCUT2D eigenvalue weighted by molar-refractivity contribution is 6.30. The Labute approximate surface area is 234 Å². The van der Waals surface area contributed by atoms with Crippen molar-refractivity contribution < 1.29 is 41.4 Å². The van der Waals surface area contributed by atoms with Crippen molar-refractivity contribution in [2.24, 2.45) is 0 Å². The first-order chi connectivity index (χ1) is 19.2. The SMILES string of the molecule is COc1cc(F)c([C@@H]2CN(c3c(C)ccn(CC(O)C(F)(F)F)c3=O)C(=O)[C@H]2NC(=O)c2ccc(Cl)cc2)c(F)c1. The predicted molar refractivity (Wildman–Crippen MR) is 138 cm³/mol. The third kappa shape index (κ3) is 6.05. The van der Waals surface area contributed by atoms with Gasteiger partial charge in [0.05, 0.1) is 13.7 Å². The lowest BCUT2D eigenvalue weighted by Gasteiger charge is -2.21. The van der Waals surface area contributed by atoms with Gasteiger partial charge in [0.15, 0.2) is 6.10 Å². The second-order valence-electron chi connectivity index (χ2n) is 9.38. The number of carbonyl (C=O) groups is 2. The lowest BCUT2D eigenvalue weighted by molar-refractivity contribution is -0.207. The number of alkyl halides is 3. The van der Waals surface area contributed by atoms with Gasteiger partial charge in [0.1, 0.15) is 29.1 Å². The predicted octanol–water partition coefficient (Wildman–Crippen LogP) is 3.95. The summed E-state index contributed by atoms with van der Waals surface area (Å²) in [6.07, 6.45) is -6.86. The number of amides is 2. The van der Waals surface area contributed by atoms with Crippen LogP contribution < -0.4 is 20.5 Å². The van der Waals surface area contributed by atoms with Gasteiger partial charge >= 0.3 is 6.18 Å². The molecular formula is C27H23ClF5N3O5. The Morgan fingerprint density at radius 2 is 1.76 bits per heavy atom. The van der Waals surface area contributed by atoms with Crippen molar-refractivity contribution in [3.63, 3.8) is 0 Å². The number of halogens is 6. The number of carbonyl (C=O) groups excluding carboxylic acids is 2. The van der Waals surface area contributed by atoms with Gasteiger partial charge in [-0.3, -0.25) is 14.4 Å². The molecule has 14 heteroatoms. The molecule has 1 aromatic heterocycles. The Bertz CT molecular complexity index is 1520. The number of aliphatic hydroxyl groups excluding tert-OH is 1. The number of anilines is 1. The van der Waals surface area contributed by atoms with Crippen LogP contribution in [0.25, 0.3) is 0 Å². The summed E-state index contributed by atoms with van der Waals surface area (Å²) in [5, 5.41) is 12.3. The van der Waals surface area contributed by atoms with Crippen LogP contribution in [0, 0.1) is 18.6 Å². The summed E-state index contributed by atoms with van der Waals surface area (Å²) in [7, 11) is 1.20. The van der Waals surface area contributed by atoms with Crippen molar-refractivity contribution in [3.8, 4) is 5.75 Å². The van der Waals surface area contributed by atoms with Crippen molar-refractivity contribution in [3.05, 3.63) is 92.4 Å². The van der Waals surface area contributed by atoms with Gasteiger partial charge in [0.2, 0.25) is 5.91 Å². The van der Waals surface area contributed by atoms with Crippen LogP contribution in [-0.2, 0) is 11.3 Å². The number of aliphatic hydroxyl groups is 1. The minimum absolute atomic E-state index is 0.0782. The van der Waals surface area contributed by atoms with E-state index in [2.05, 4.69) is 5.32 Å². The molecular weight excluding hydrogens is 577 g/mol. The number of benzene rings is 2. The zero-order valence-corrected chi connectivity index (χ0v) is 22.3. The molecule has 3 atom stereocenters. The topological polar surface area (TPSA) is 101 Å². The quantitative estimate of drug-likeness (QED) is 0.401. The number of hydrogen-bond donors (Lipinski definition) is 2. The van der Waals surface area contributed by atoms with Crippen LogP contribution >= 0.6 is 11.6 Å². The minimum atomic E-state index is -5.01. The largest absolute Gasteiger partial charge is 0.497 e. The third-order valence-corrected chi connectivity index (χ3v) is 6.98. The van der Waals surface area contributed by atoms with Gasteiger partial charge in [0.25, 0.3) is 11.5 Å². The highest BCUT2D eigenvalue weighted by Crippen LogP contribution is 2.36. The van der Waals surface area contributed by atoms with Crippen molar-refractivity contribution in [2.75, 3.05) is 18.6 Å². The maximum absolute atomic E-state index is 15.2. The monoisotopic (exact) mass is 599 g/mol. The van der Waals surface area contributed by atoms with Gasteiger partial charge in [-0.25, -0.2) is 8.78 Å². The Morgan fingerprint density at radius 1 is 1.15 bits per heavy atom. The van der Waals surface area contributed by atoms with E-state index in [1.807, 2.05) is 0 Å². The molecule has 218 valence electrons. The molecule has 0 spiro atoms. The van der Waals surface area contributed by atoms with Crippen molar-refractivity contribution in [2.45, 2.75) is 37.7 Å². The Balaban J connectivity index is 1.79. The van der Waals surface area contributed by atoms with Gasteiger partial charge < -0.3 is 24.6 Å². The van der Waals surface area contributed by atoms with Crippen LogP contribution in [0.4, 0.5) is 27.6 Å². The highest BCUT2D eigenvalue weighted by Gasteiger charge is 2.46. The van der Waals surface area contributed by atoms with Crippen LogP contribution in [0.15, 0.2) is 53.5 Å². The maximum Gasteiger partial charge on any atom is 0.416 e. The third-order valence-electron chi connectivity index (χ3n) is 6.72. The van der Waals surface area contributed by atoms with E-state index in [1.54, 1.807) is 0 Å². The molecule has 4 rings (SSSR count). The molecule has 0 aliphatic carbocycles. The number of ether oxygens (including phenoxy) is 1. The number of nitrogens with zero attached hydrogens (tertiary/aromatic N) is 2. The van der Waals surface area contributed by atoms with Crippen molar-refractivity contribution >= 4 is 29.1 Å². The number of nitrogens with one attached hydrogen (secondary N) is 1. The molecule has 2 aromatic carbocycles. The van der Waals surface area contributed by atoms with Crippen LogP contribution in [0.2, 0.25) is 5.02 Å². The Morgan fingerprint density at radius 3 is 2.32 bits per heavy atom. The van der Waals surface area contributed by atoms with E-state index in [1.165, 1.54) is 44.4 Å². The molecule has 1 aliphatic heterocycles. The lowest BCUT2D eigenvalue weighted by atomic mass is 9.92. The van der Waals surface area contributed by atoms with Gasteiger partial charge in [-0.05, 0) is 42.8 Å². The summed E-state index contributed by atoms with van der Waals surface area (Å²) < 4.78 is 74.7. The van der Waals surface area contributed by atoms with E-state index in [0.717, 1.165) is 23.2 Å². The van der Waals surface area contributed by atoms with E-state index in [4.69, 9.17) is 16.3 Å². The fraction of sp³-hybridized carbons (Fsp3) is 0.296. The zero-order chi connectivity index (χ0) is 30.2. The molecule has 8 nitrogen and oxygen atoms in total. The molecule has 0 radical (unpaired) electrons. The smallest absolute Gasteiger partial charge is 0.416 e. The normalized spacial score (nSPS) is 18.0. The van der Waals surface area contributed by atoms with E-state index < -0.39 is 71.9 Å². The van der Waals surface area contributed by atoms with E-state index in [9.17, 15) is 32.7 Å². The Hall–Kier alpha value is -3.97. The van der Waals surface area contributed by atoms with Crippen molar-refractivity contribution in [1.29, 1.82) is 0 Å². The minimum Gasteiger partial charge on any atom is -0.497 e. The molecule has 1 unspecified atom stereocenters. The summed E-state index contributed by atoms with van der Waals surface area (Å²) in [5.41, 5.74) is -1.74. The molecule has 2 amide bonds. The molecule has 2 heterocycles. The standard InChI is InChI=1S/C27H23ClF5N3O5/c1-13-7-8-35(12-20(37)27(31,32)33)26(40)23(13)36-11-17(21-18(29)9-16(41-2)10-19(21)30)22(25(36)39)34-24(38)14-3-5-15(28)6-4-14/h3-10,17,20,22,37H,11-12H2,1-2H3,(H,34,38)/t17-,20?,22-/m0/s1. The molecule has 41 heavy (non-hydrogen) atoms. The summed E-state index contributed by atoms with van der Waals surface area (Å²) >= 11 is 5.86. The summed E-state index contributed by atoms with van der Waals surface area (Å²) in [5.74, 6) is -5.38. The van der Waals surface area contributed by atoms with E-state index >= 15 is 8.78 Å². The van der Waals surface area contributed by atoms with Crippen LogP contribution in [0.1, 0.15) is 27.4 Å². The zero-order valence-electron chi connectivity index (χ0n) is 21.5. The average molecular weight is 600 g/mol. The second kappa shape index (κ2) is 11.5. The molecule has 1 fully saturated rings. The summed E-state index contributed by atoms with van der Waals surface area (Å²) in [4.78, 5) is 40.8. The van der Waals surface area contributed by atoms with Crippen LogP contribution in [0.5, 0.6) is 5.75 Å². The van der Waals surface area contributed by atoms with Crippen LogP contribution in [-0.4, -0.2) is 53.5 Å². The number of aryl methyl sites for hydroxylation is 1. The first kappa shape index (κ1) is 30.0. The number of aromatic nitrogens is 1. The number of pyridine rings is 1. The molecule has 1 saturated heterocycles. The fourth-order valence-corrected chi connectivity index (χ4v) is 4.75. The number of methoxy groups -OCH3 is 1. The lowest BCUT2D eigenvalue weighted by Crippen LogP contribution is -2.45. The first-order valence-corrected chi connectivity index (χ1v) is 12.5. The molecule has 0 saturated carbocycles. The Kier molecular flexibility index (Phi) is 8.41. The summed E-state index contributed by atoms with van der Waals surface area (Å²) in [6, 6.07) is 7.04. The summed E-state index contributed by atoms with van der Waals surface area (Å²) in [6.45, 7) is -0.246. The van der Waals surface area contributed by atoms with Crippen molar-refractivity contribution in [1.82, 2.24) is 9.88 Å². The van der Waals surface area contributed by atoms with Gasteiger partial charge in [-0.15, -0.1) is 0 Å². The van der Waals surface area contributed by atoms with Gasteiger partial charge in [-0.2, -0.15) is 13.2 Å². The molecule has 2 N–H and O–H groups in total. The first-order valence-electron chi connectivity index (χ1n) is 12.1. The van der Waals surface area contributed by atoms with E-state index in [0.29, 0.717) is 9.59 Å². The second-order valence-corrected chi connectivity index (χ2v) is 9.82. The molecule has 3 aromatic rings. The average Bonchev–Trinajstić information content (AvgIpc) is 3.20. The van der Waals surface area contributed by atoms with Gasteiger partial charge in [0, 0.05) is 46.9 Å². The molecule has 0 bridgehead atoms. The number of hydrogen-bond acceptors (Lipinski definition) is 5.